The number of nitrogens with two attached hydrogens (primary N) is 1. The van der Waals surface area contributed by atoms with Crippen LogP contribution in [-0.2, 0) is 12.7 Å². The molecule has 1 fully saturated rings. The minimum atomic E-state index is -4.44. The van der Waals surface area contributed by atoms with Crippen LogP contribution in [0.2, 0.25) is 0 Å². The lowest BCUT2D eigenvalue weighted by molar-refractivity contribution is -0.137. The predicted octanol–water partition coefficient (Wildman–Crippen LogP) is 3.05. The second kappa shape index (κ2) is 7.88. The fourth-order valence-corrected chi connectivity index (χ4v) is 3.62. The van der Waals surface area contributed by atoms with Crippen molar-refractivity contribution in [3.8, 4) is 5.75 Å². The van der Waals surface area contributed by atoms with E-state index in [4.69, 9.17) is 10.5 Å². The first kappa shape index (κ1) is 19.7. The van der Waals surface area contributed by atoms with Gasteiger partial charge in [-0.15, -0.1) is 0 Å². The lowest BCUT2D eigenvalue weighted by Crippen LogP contribution is -2.48. The van der Waals surface area contributed by atoms with Crippen molar-refractivity contribution in [2.75, 3.05) is 7.05 Å². The lowest BCUT2D eigenvalue weighted by Gasteiger charge is -2.30. The summed E-state index contributed by atoms with van der Waals surface area (Å²) in [5.41, 5.74) is 6.51. The molecule has 0 heterocycles. The van der Waals surface area contributed by atoms with Crippen LogP contribution in [0.1, 0.15) is 17.5 Å². The van der Waals surface area contributed by atoms with Crippen molar-refractivity contribution in [1.82, 2.24) is 4.90 Å². The number of likely N-dealkylation sites (N-methyl/N-ethyl adjacent to an activating group) is 1. The molecule has 0 saturated heterocycles. The molecule has 2 aromatic carbocycles. The van der Waals surface area contributed by atoms with Crippen molar-refractivity contribution >= 4 is 0 Å². The van der Waals surface area contributed by atoms with Crippen LogP contribution in [0.4, 0.5) is 13.2 Å². The Morgan fingerprint density at radius 3 is 2.52 bits per heavy atom. The number of ether oxygens (including phenoxy) is 1. The van der Waals surface area contributed by atoms with Gasteiger partial charge in [0, 0.05) is 19.0 Å². The highest BCUT2D eigenvalue weighted by Crippen LogP contribution is 2.33. The summed E-state index contributed by atoms with van der Waals surface area (Å²) in [4.78, 5) is 1.96. The number of halogens is 3. The summed E-state index contributed by atoms with van der Waals surface area (Å²) < 4.78 is 44.3. The molecule has 1 aliphatic carbocycles. The number of aliphatic hydroxyl groups excluding tert-OH is 1. The van der Waals surface area contributed by atoms with Gasteiger partial charge in [-0.05, 0) is 30.8 Å². The van der Waals surface area contributed by atoms with Crippen LogP contribution < -0.4 is 10.5 Å². The number of rotatable bonds is 5. The van der Waals surface area contributed by atoms with E-state index >= 15 is 0 Å². The van der Waals surface area contributed by atoms with E-state index in [0.29, 0.717) is 13.0 Å². The smallest absolute Gasteiger partial charge is 0.416 e. The van der Waals surface area contributed by atoms with Crippen LogP contribution in [0.25, 0.3) is 0 Å². The summed E-state index contributed by atoms with van der Waals surface area (Å²) in [6, 6.07) is 13.8. The van der Waals surface area contributed by atoms with E-state index in [1.165, 1.54) is 12.1 Å². The summed E-state index contributed by atoms with van der Waals surface area (Å²) in [5.74, 6) is 0.0763. The third-order valence-corrected chi connectivity index (χ3v) is 4.91. The van der Waals surface area contributed by atoms with Gasteiger partial charge in [0.1, 0.15) is 18.0 Å². The Balaban J connectivity index is 1.69. The number of hydrogen-bond donors (Lipinski definition) is 2. The van der Waals surface area contributed by atoms with E-state index in [-0.39, 0.29) is 17.8 Å². The molecule has 1 saturated carbocycles. The molecule has 0 unspecified atom stereocenters. The normalized spacial score (nSPS) is 25.7. The molecule has 0 aliphatic heterocycles. The third kappa shape index (κ3) is 4.61. The molecule has 7 heteroatoms. The van der Waals surface area contributed by atoms with Crippen LogP contribution in [0, 0.1) is 0 Å². The SMILES string of the molecule is CN(Cc1ccccc1)[C@@H]1[C@@H](O)[C@H](Oc2cccc(C(F)(F)F)c2)C[C@H]1N. The van der Waals surface area contributed by atoms with Gasteiger partial charge in [-0.25, -0.2) is 0 Å². The topological polar surface area (TPSA) is 58.7 Å². The van der Waals surface area contributed by atoms with E-state index in [2.05, 4.69) is 0 Å². The second-order valence-electron chi connectivity index (χ2n) is 6.96. The fraction of sp³-hybridized carbons (Fsp3) is 0.400. The molecule has 1 aliphatic rings. The minimum Gasteiger partial charge on any atom is -0.488 e. The van der Waals surface area contributed by atoms with Gasteiger partial charge in [0.05, 0.1) is 11.6 Å². The highest BCUT2D eigenvalue weighted by Gasteiger charge is 2.44. The zero-order valence-electron chi connectivity index (χ0n) is 14.9. The van der Waals surface area contributed by atoms with Gasteiger partial charge in [-0.1, -0.05) is 36.4 Å². The summed E-state index contributed by atoms with van der Waals surface area (Å²) in [7, 11) is 1.87. The molecule has 0 spiro atoms. The Kier molecular flexibility index (Phi) is 5.74. The highest BCUT2D eigenvalue weighted by atomic mass is 19.4. The third-order valence-electron chi connectivity index (χ3n) is 4.91. The van der Waals surface area contributed by atoms with E-state index in [1.807, 2.05) is 42.3 Å². The van der Waals surface area contributed by atoms with Crippen molar-refractivity contribution < 1.29 is 23.0 Å². The molecule has 0 radical (unpaired) electrons. The summed E-state index contributed by atoms with van der Waals surface area (Å²) in [6.45, 7) is 0.604. The van der Waals surface area contributed by atoms with E-state index < -0.39 is 23.9 Å². The number of alkyl halides is 3. The summed E-state index contributed by atoms with van der Waals surface area (Å²) in [6.07, 6.45) is -5.64. The van der Waals surface area contributed by atoms with Gasteiger partial charge in [-0.3, -0.25) is 4.90 Å². The van der Waals surface area contributed by atoms with Crippen LogP contribution in [0.5, 0.6) is 5.75 Å². The number of hydrogen-bond acceptors (Lipinski definition) is 4. The molecule has 3 N–H and O–H groups in total. The maximum atomic E-state index is 12.9. The quantitative estimate of drug-likeness (QED) is 0.837. The predicted molar refractivity (Wildman–Crippen MR) is 96.2 cm³/mol. The molecule has 27 heavy (non-hydrogen) atoms. The zero-order valence-corrected chi connectivity index (χ0v) is 14.9. The highest BCUT2D eigenvalue weighted by molar-refractivity contribution is 5.30. The van der Waals surface area contributed by atoms with Gasteiger partial charge in [0.15, 0.2) is 0 Å². The Morgan fingerprint density at radius 1 is 1.15 bits per heavy atom. The second-order valence-corrected chi connectivity index (χ2v) is 6.96. The molecule has 2 aromatic rings. The molecular weight excluding hydrogens is 357 g/mol. The van der Waals surface area contributed by atoms with Gasteiger partial charge >= 0.3 is 6.18 Å². The van der Waals surface area contributed by atoms with Gasteiger partial charge in [0.25, 0.3) is 0 Å². The molecule has 0 bridgehead atoms. The number of nitrogens with zero attached hydrogens (tertiary/aromatic N) is 1. The first-order chi connectivity index (χ1) is 12.8. The molecule has 3 rings (SSSR count). The van der Waals surface area contributed by atoms with Crippen LogP contribution in [-0.4, -0.2) is 41.3 Å². The Morgan fingerprint density at radius 2 is 1.85 bits per heavy atom. The van der Waals surface area contributed by atoms with Crippen LogP contribution in [0.3, 0.4) is 0 Å². The molecule has 4 nitrogen and oxygen atoms in total. The maximum absolute atomic E-state index is 12.9. The van der Waals surface area contributed by atoms with E-state index in [0.717, 1.165) is 17.7 Å². The van der Waals surface area contributed by atoms with Crippen LogP contribution >= 0.6 is 0 Å². The van der Waals surface area contributed by atoms with E-state index in [1.54, 1.807) is 0 Å². The number of aliphatic hydroxyl groups is 1. The first-order valence-electron chi connectivity index (χ1n) is 8.77. The van der Waals surface area contributed by atoms with Gasteiger partial charge in [0.2, 0.25) is 0 Å². The summed E-state index contributed by atoms with van der Waals surface area (Å²) in [5, 5.41) is 10.7. The average Bonchev–Trinajstić information content (AvgIpc) is 2.89. The Hall–Kier alpha value is -2.09. The van der Waals surface area contributed by atoms with Gasteiger partial charge < -0.3 is 15.6 Å². The van der Waals surface area contributed by atoms with Crippen LogP contribution in [0.15, 0.2) is 54.6 Å². The minimum absolute atomic E-state index is 0.0763. The standard InChI is InChI=1S/C20H23F3N2O2/c1-25(12-13-6-3-2-4-7-13)18-16(24)11-17(19(18)26)27-15-9-5-8-14(10-15)20(21,22)23/h2-10,16-19,26H,11-12,24H2,1H3/t16-,17-,18+,19+/m1/s1. The largest absolute Gasteiger partial charge is 0.488 e. The molecule has 146 valence electrons. The number of benzene rings is 2. The van der Waals surface area contributed by atoms with Crippen molar-refractivity contribution in [1.29, 1.82) is 0 Å². The fourth-order valence-electron chi connectivity index (χ4n) is 3.62. The monoisotopic (exact) mass is 380 g/mol. The van der Waals surface area contributed by atoms with Crippen molar-refractivity contribution in [2.45, 2.75) is 43.4 Å². The van der Waals surface area contributed by atoms with E-state index in [9.17, 15) is 18.3 Å². The van der Waals surface area contributed by atoms with Crippen molar-refractivity contribution in [3.63, 3.8) is 0 Å². The average molecular weight is 380 g/mol. The van der Waals surface area contributed by atoms with Crippen molar-refractivity contribution in [2.24, 2.45) is 5.73 Å². The maximum Gasteiger partial charge on any atom is 0.416 e. The zero-order chi connectivity index (χ0) is 19.6. The van der Waals surface area contributed by atoms with Gasteiger partial charge in [-0.2, -0.15) is 13.2 Å². The molecule has 0 aromatic heterocycles. The molecule has 4 atom stereocenters. The summed E-state index contributed by atoms with van der Waals surface area (Å²) >= 11 is 0. The molecular formula is C20H23F3N2O2. The lowest BCUT2D eigenvalue weighted by atomic mass is 10.1. The Bertz CT molecular complexity index is 754. The first-order valence-corrected chi connectivity index (χ1v) is 8.77. The molecule has 0 amide bonds. The van der Waals surface area contributed by atoms with Crippen molar-refractivity contribution in [3.05, 3.63) is 65.7 Å². The Labute approximate surface area is 156 Å².